The number of hydrogen-bond acceptors (Lipinski definition) is 5. The van der Waals surface area contributed by atoms with Crippen molar-refractivity contribution in [3.8, 4) is 6.07 Å². The van der Waals surface area contributed by atoms with Crippen LogP contribution in [0.4, 0.5) is 5.69 Å². The Balaban J connectivity index is 2.04. The molecule has 0 unspecified atom stereocenters. The van der Waals surface area contributed by atoms with Crippen molar-refractivity contribution in [1.82, 2.24) is 0 Å². The standard InChI is InChI=1S/C16H13N3O4/c17-9-11-18(13-6-2-1-3-7-13)15(20)12-23-16(21)14-8-4-5-10-19(14)22/h1-8,10H,11-12H2. The summed E-state index contributed by atoms with van der Waals surface area (Å²) in [6, 6.07) is 14.7. The van der Waals surface area contributed by atoms with Gasteiger partial charge in [0, 0.05) is 17.8 Å². The number of benzene rings is 1. The largest absolute Gasteiger partial charge is 0.618 e. The average Bonchev–Trinajstić information content (AvgIpc) is 2.58. The molecule has 2 rings (SSSR count). The van der Waals surface area contributed by atoms with Gasteiger partial charge in [0.05, 0.1) is 6.07 Å². The smallest absolute Gasteiger partial charge is 0.405 e. The average molecular weight is 311 g/mol. The van der Waals surface area contributed by atoms with Crippen molar-refractivity contribution in [3.05, 3.63) is 65.6 Å². The molecule has 7 nitrogen and oxygen atoms in total. The number of carbonyl (C=O) groups excluding carboxylic acids is 2. The summed E-state index contributed by atoms with van der Waals surface area (Å²) in [6.07, 6.45) is 1.16. The van der Waals surface area contributed by atoms with E-state index in [0.29, 0.717) is 10.4 Å². The zero-order chi connectivity index (χ0) is 16.7. The van der Waals surface area contributed by atoms with Crippen LogP contribution in [-0.2, 0) is 9.53 Å². The number of amides is 1. The minimum atomic E-state index is -0.904. The zero-order valence-electron chi connectivity index (χ0n) is 12.1. The third-order valence-corrected chi connectivity index (χ3v) is 2.96. The van der Waals surface area contributed by atoms with Crippen LogP contribution in [0, 0.1) is 16.5 Å². The van der Waals surface area contributed by atoms with Gasteiger partial charge in [-0.15, -0.1) is 0 Å². The fraction of sp³-hybridized carbons (Fsp3) is 0.125. The van der Waals surface area contributed by atoms with Crippen LogP contribution in [0.5, 0.6) is 0 Å². The van der Waals surface area contributed by atoms with Gasteiger partial charge in [-0.1, -0.05) is 18.2 Å². The van der Waals surface area contributed by atoms with Gasteiger partial charge in [-0.25, -0.2) is 4.79 Å². The molecule has 7 heteroatoms. The number of hydrogen-bond donors (Lipinski definition) is 0. The highest BCUT2D eigenvalue weighted by Gasteiger charge is 2.21. The highest BCUT2D eigenvalue weighted by molar-refractivity contribution is 5.96. The van der Waals surface area contributed by atoms with Gasteiger partial charge in [-0.2, -0.15) is 9.99 Å². The molecule has 0 radical (unpaired) electrons. The maximum Gasteiger partial charge on any atom is 0.405 e. The van der Waals surface area contributed by atoms with Crippen molar-refractivity contribution in [3.63, 3.8) is 0 Å². The van der Waals surface area contributed by atoms with Gasteiger partial charge in [0.15, 0.2) is 12.8 Å². The number of rotatable bonds is 5. The Hall–Kier alpha value is -3.40. The molecule has 0 aliphatic heterocycles. The lowest BCUT2D eigenvalue weighted by Gasteiger charge is -2.19. The van der Waals surface area contributed by atoms with E-state index in [4.69, 9.17) is 10.00 Å². The number of nitrogens with zero attached hydrogens (tertiary/aromatic N) is 3. The van der Waals surface area contributed by atoms with E-state index in [-0.39, 0.29) is 12.2 Å². The number of aromatic nitrogens is 1. The van der Waals surface area contributed by atoms with E-state index in [1.165, 1.54) is 23.1 Å². The predicted molar refractivity (Wildman–Crippen MR) is 80.1 cm³/mol. The lowest BCUT2D eigenvalue weighted by molar-refractivity contribution is -0.608. The number of pyridine rings is 1. The van der Waals surface area contributed by atoms with Gasteiger partial charge in [0.1, 0.15) is 6.54 Å². The lowest BCUT2D eigenvalue weighted by atomic mass is 10.3. The van der Waals surface area contributed by atoms with Crippen molar-refractivity contribution in [2.45, 2.75) is 0 Å². The Kier molecular flexibility index (Phi) is 5.25. The molecule has 1 heterocycles. The first-order valence-corrected chi connectivity index (χ1v) is 6.71. The van der Waals surface area contributed by atoms with Gasteiger partial charge in [-0.3, -0.25) is 9.69 Å². The van der Waals surface area contributed by atoms with Gasteiger partial charge in [-0.05, 0) is 18.2 Å². The van der Waals surface area contributed by atoms with Gasteiger partial charge in [0.2, 0.25) is 0 Å². The molecular formula is C16H13N3O4. The minimum absolute atomic E-state index is 0.173. The third kappa shape index (κ3) is 4.04. The molecule has 0 atom stereocenters. The molecule has 0 N–H and O–H groups in total. The fourth-order valence-corrected chi connectivity index (χ4v) is 1.87. The number of para-hydroxylation sites is 1. The Bertz CT molecular complexity index is 740. The van der Waals surface area contributed by atoms with E-state index in [2.05, 4.69) is 0 Å². The van der Waals surface area contributed by atoms with Crippen molar-refractivity contribution in [2.75, 3.05) is 18.1 Å². The van der Waals surface area contributed by atoms with Crippen LogP contribution < -0.4 is 9.63 Å². The second kappa shape index (κ2) is 7.56. The quantitative estimate of drug-likeness (QED) is 0.355. The highest BCUT2D eigenvalue weighted by atomic mass is 16.5. The van der Waals surface area contributed by atoms with Crippen LogP contribution in [0.2, 0.25) is 0 Å². The molecular weight excluding hydrogens is 298 g/mol. The van der Waals surface area contributed by atoms with Crippen molar-refractivity contribution in [1.29, 1.82) is 5.26 Å². The molecule has 0 aliphatic carbocycles. The molecule has 1 aromatic heterocycles. The molecule has 0 saturated heterocycles. The molecule has 116 valence electrons. The Morgan fingerprint density at radius 3 is 2.52 bits per heavy atom. The molecule has 0 aliphatic rings. The molecule has 0 saturated carbocycles. The number of carbonyl (C=O) groups is 2. The number of nitriles is 1. The van der Waals surface area contributed by atoms with Crippen molar-refractivity contribution in [2.24, 2.45) is 0 Å². The topological polar surface area (TPSA) is 97.3 Å². The molecule has 0 spiro atoms. The van der Waals surface area contributed by atoms with Crippen LogP contribution in [0.1, 0.15) is 10.5 Å². The third-order valence-electron chi connectivity index (χ3n) is 2.96. The van der Waals surface area contributed by atoms with Gasteiger partial charge in [0.25, 0.3) is 5.91 Å². The second-order valence-corrected chi connectivity index (χ2v) is 4.46. The first kappa shape index (κ1) is 16.0. The Labute approximate surface area is 132 Å². The normalized spacial score (nSPS) is 9.70. The van der Waals surface area contributed by atoms with Crippen LogP contribution in [0.25, 0.3) is 0 Å². The summed E-state index contributed by atoms with van der Waals surface area (Å²) < 4.78 is 5.22. The summed E-state index contributed by atoms with van der Waals surface area (Å²) in [5.41, 5.74) is 0.306. The first-order valence-electron chi connectivity index (χ1n) is 6.71. The molecule has 2 aromatic rings. The van der Waals surface area contributed by atoms with Crippen molar-refractivity contribution >= 4 is 17.6 Å². The SMILES string of the molecule is N#CCN(C(=O)COC(=O)c1cccc[n+]1[O-])c1ccccc1. The minimum Gasteiger partial charge on any atom is -0.618 e. The monoisotopic (exact) mass is 311 g/mol. The van der Waals surface area contributed by atoms with Crippen LogP contribution >= 0.6 is 0 Å². The number of anilines is 1. The van der Waals surface area contributed by atoms with Gasteiger partial charge >= 0.3 is 11.7 Å². The summed E-state index contributed by atoms with van der Waals surface area (Å²) in [5.74, 6) is -1.46. The van der Waals surface area contributed by atoms with E-state index in [9.17, 15) is 14.8 Å². The lowest BCUT2D eigenvalue weighted by Crippen LogP contribution is -2.38. The van der Waals surface area contributed by atoms with E-state index < -0.39 is 18.5 Å². The summed E-state index contributed by atoms with van der Waals surface area (Å²) >= 11 is 0. The molecule has 1 amide bonds. The van der Waals surface area contributed by atoms with E-state index in [0.717, 1.165) is 6.20 Å². The Morgan fingerprint density at radius 1 is 1.17 bits per heavy atom. The summed E-state index contributed by atoms with van der Waals surface area (Å²) in [5, 5.41) is 20.3. The molecule has 0 fully saturated rings. The number of ether oxygens (including phenoxy) is 1. The second-order valence-electron chi connectivity index (χ2n) is 4.46. The van der Waals surface area contributed by atoms with E-state index in [1.807, 2.05) is 6.07 Å². The maximum atomic E-state index is 12.2. The molecule has 23 heavy (non-hydrogen) atoms. The maximum absolute atomic E-state index is 12.2. The predicted octanol–water partition coefficient (Wildman–Crippen LogP) is 1.03. The number of esters is 1. The van der Waals surface area contributed by atoms with Crippen LogP contribution in [-0.4, -0.2) is 25.0 Å². The van der Waals surface area contributed by atoms with Gasteiger partial charge < -0.3 is 9.94 Å². The summed E-state index contributed by atoms with van der Waals surface area (Å²) in [6.45, 7) is -0.739. The van der Waals surface area contributed by atoms with Crippen LogP contribution in [0.15, 0.2) is 54.7 Å². The van der Waals surface area contributed by atoms with Crippen LogP contribution in [0.3, 0.4) is 0 Å². The molecule has 0 bridgehead atoms. The fourth-order valence-electron chi connectivity index (χ4n) is 1.87. The zero-order valence-corrected chi connectivity index (χ0v) is 12.1. The van der Waals surface area contributed by atoms with E-state index in [1.54, 1.807) is 30.3 Å². The first-order chi connectivity index (χ1) is 11.1. The Morgan fingerprint density at radius 2 is 1.87 bits per heavy atom. The summed E-state index contributed by atoms with van der Waals surface area (Å²) in [4.78, 5) is 25.2. The summed E-state index contributed by atoms with van der Waals surface area (Å²) in [7, 11) is 0. The van der Waals surface area contributed by atoms with E-state index >= 15 is 0 Å². The highest BCUT2D eigenvalue weighted by Crippen LogP contribution is 2.13. The molecule has 1 aromatic carbocycles. The van der Waals surface area contributed by atoms with Crippen molar-refractivity contribution < 1.29 is 19.1 Å².